The van der Waals surface area contributed by atoms with E-state index >= 15 is 0 Å². The predicted molar refractivity (Wildman–Crippen MR) is 129 cm³/mol. The number of aryl methyl sites for hydroxylation is 2. The molecule has 0 atom stereocenters. The van der Waals surface area contributed by atoms with Crippen molar-refractivity contribution in [2.75, 3.05) is 11.4 Å². The second-order valence-corrected chi connectivity index (χ2v) is 8.82. The third-order valence-electron chi connectivity index (χ3n) is 5.61. The van der Waals surface area contributed by atoms with Crippen LogP contribution in [-0.4, -0.2) is 31.5 Å². The van der Waals surface area contributed by atoms with E-state index < -0.39 is 0 Å². The van der Waals surface area contributed by atoms with Gasteiger partial charge in [-0.2, -0.15) is 0 Å². The van der Waals surface area contributed by atoms with Gasteiger partial charge in [0.05, 0.1) is 22.8 Å². The topological polar surface area (TPSA) is 87.7 Å². The number of aromatic nitrogens is 5. The number of nitrogens with one attached hydrogen (secondary N) is 1. The van der Waals surface area contributed by atoms with Crippen molar-refractivity contribution in [1.29, 1.82) is 0 Å². The first-order valence-corrected chi connectivity index (χ1v) is 11.3. The lowest BCUT2D eigenvalue weighted by Crippen LogP contribution is -2.26. The number of para-hydroxylation sites is 1. The maximum Gasteiger partial charge on any atom is 0.258 e. The molecule has 0 amide bonds. The van der Waals surface area contributed by atoms with Crippen molar-refractivity contribution in [1.82, 2.24) is 24.9 Å². The van der Waals surface area contributed by atoms with Crippen molar-refractivity contribution in [2.45, 2.75) is 27.3 Å². The highest BCUT2D eigenvalue weighted by atomic mass is 32.1. The summed E-state index contributed by atoms with van der Waals surface area (Å²) >= 11 is 1.67. The summed E-state index contributed by atoms with van der Waals surface area (Å²) in [5, 5.41) is 1.64. The summed E-state index contributed by atoms with van der Waals surface area (Å²) in [4.78, 5) is 38.5. The molecule has 32 heavy (non-hydrogen) atoms. The van der Waals surface area contributed by atoms with E-state index in [1.54, 1.807) is 29.8 Å². The number of hydrogen-bond donors (Lipinski definition) is 1. The van der Waals surface area contributed by atoms with Crippen LogP contribution in [0.2, 0.25) is 0 Å². The average Bonchev–Trinajstić information content (AvgIpc) is 3.11. The van der Waals surface area contributed by atoms with Gasteiger partial charge in [0.1, 0.15) is 16.5 Å². The minimum atomic E-state index is -0.131. The summed E-state index contributed by atoms with van der Waals surface area (Å²) in [7, 11) is 0. The maximum absolute atomic E-state index is 12.6. The Morgan fingerprint density at radius 2 is 1.91 bits per heavy atom. The molecule has 4 aromatic heterocycles. The Morgan fingerprint density at radius 1 is 1.06 bits per heavy atom. The van der Waals surface area contributed by atoms with E-state index in [1.807, 2.05) is 30.3 Å². The smallest absolute Gasteiger partial charge is 0.258 e. The van der Waals surface area contributed by atoms with Crippen molar-refractivity contribution in [3.63, 3.8) is 0 Å². The number of aromatic amines is 1. The number of fused-ring (bicyclic) bond motifs is 2. The van der Waals surface area contributed by atoms with Gasteiger partial charge in [0.25, 0.3) is 5.56 Å². The number of pyridine rings is 1. The molecular weight excluding hydrogens is 420 g/mol. The van der Waals surface area contributed by atoms with E-state index in [1.165, 1.54) is 10.4 Å². The third kappa shape index (κ3) is 3.52. The van der Waals surface area contributed by atoms with Crippen LogP contribution >= 0.6 is 11.3 Å². The number of thiophene rings is 1. The van der Waals surface area contributed by atoms with Crippen LogP contribution in [0, 0.1) is 13.8 Å². The first-order chi connectivity index (χ1) is 15.5. The van der Waals surface area contributed by atoms with Gasteiger partial charge in [-0.05, 0) is 50.6 Å². The SMILES string of the molecule is CCN(Cc1nc2ccccc2c(=O)[nH]1)c1nc(-c2cccnc2)nc2sc(C)c(C)c12. The minimum absolute atomic E-state index is 0.131. The van der Waals surface area contributed by atoms with Crippen molar-refractivity contribution >= 4 is 38.3 Å². The molecule has 0 saturated heterocycles. The van der Waals surface area contributed by atoms with E-state index in [0.29, 0.717) is 35.6 Å². The molecule has 5 rings (SSSR count). The molecule has 0 aliphatic heterocycles. The number of anilines is 1. The fourth-order valence-electron chi connectivity index (χ4n) is 3.81. The Hall–Kier alpha value is -3.65. The zero-order valence-electron chi connectivity index (χ0n) is 18.1. The molecule has 1 N–H and O–H groups in total. The van der Waals surface area contributed by atoms with Crippen molar-refractivity contribution in [3.8, 4) is 11.4 Å². The molecule has 7 nitrogen and oxygen atoms in total. The minimum Gasteiger partial charge on any atom is -0.349 e. The summed E-state index contributed by atoms with van der Waals surface area (Å²) in [6.45, 7) is 7.42. The molecule has 0 aliphatic carbocycles. The molecule has 1 aromatic carbocycles. The Kier molecular flexibility index (Phi) is 5.14. The standard InChI is InChI=1S/C24H22N6OS/c1-4-30(13-19-26-18-10-6-5-9-17(18)23(31)27-19)22-20-14(2)15(3)32-24(20)29-21(28-22)16-8-7-11-25-12-16/h5-12H,4,13H2,1-3H3,(H,26,27,31). The van der Waals surface area contributed by atoms with Gasteiger partial charge in [0.15, 0.2) is 5.82 Å². The second kappa shape index (κ2) is 8.12. The Morgan fingerprint density at radius 3 is 2.69 bits per heavy atom. The Balaban J connectivity index is 1.65. The summed E-state index contributed by atoms with van der Waals surface area (Å²) in [6.07, 6.45) is 3.51. The van der Waals surface area contributed by atoms with Gasteiger partial charge in [-0.25, -0.2) is 15.0 Å². The zero-order chi connectivity index (χ0) is 22.2. The number of benzene rings is 1. The second-order valence-electron chi connectivity index (χ2n) is 7.62. The van der Waals surface area contributed by atoms with Crippen LogP contribution in [0.25, 0.3) is 32.5 Å². The molecule has 0 spiro atoms. The van der Waals surface area contributed by atoms with E-state index in [9.17, 15) is 4.79 Å². The fourth-order valence-corrected chi connectivity index (χ4v) is 4.83. The van der Waals surface area contributed by atoms with Gasteiger partial charge >= 0.3 is 0 Å². The van der Waals surface area contributed by atoms with Gasteiger partial charge in [0.2, 0.25) is 0 Å². The van der Waals surface area contributed by atoms with Gasteiger partial charge in [-0.15, -0.1) is 11.3 Å². The number of nitrogens with zero attached hydrogens (tertiary/aromatic N) is 5. The van der Waals surface area contributed by atoms with Crippen LogP contribution in [0.4, 0.5) is 5.82 Å². The monoisotopic (exact) mass is 442 g/mol. The molecule has 0 aliphatic rings. The van der Waals surface area contributed by atoms with Gasteiger partial charge in [-0.3, -0.25) is 9.78 Å². The van der Waals surface area contributed by atoms with Crippen LogP contribution in [0.1, 0.15) is 23.2 Å². The molecule has 4 heterocycles. The molecule has 0 radical (unpaired) electrons. The predicted octanol–water partition coefficient (Wildman–Crippen LogP) is 4.63. The van der Waals surface area contributed by atoms with Gasteiger partial charge in [0, 0.05) is 29.4 Å². The van der Waals surface area contributed by atoms with E-state index in [4.69, 9.17) is 9.97 Å². The Labute approximate surface area is 188 Å². The third-order valence-corrected chi connectivity index (χ3v) is 6.71. The van der Waals surface area contributed by atoms with Crippen molar-refractivity contribution in [3.05, 3.63) is 75.4 Å². The lowest BCUT2D eigenvalue weighted by atomic mass is 10.2. The summed E-state index contributed by atoms with van der Waals surface area (Å²) in [5.41, 5.74) is 2.60. The van der Waals surface area contributed by atoms with E-state index in [-0.39, 0.29) is 5.56 Å². The van der Waals surface area contributed by atoms with Crippen LogP contribution < -0.4 is 10.5 Å². The van der Waals surface area contributed by atoms with Crippen LogP contribution in [-0.2, 0) is 6.54 Å². The van der Waals surface area contributed by atoms with E-state index in [0.717, 1.165) is 21.6 Å². The van der Waals surface area contributed by atoms with Crippen LogP contribution in [0.15, 0.2) is 53.6 Å². The number of H-pyrrole nitrogens is 1. The van der Waals surface area contributed by atoms with E-state index in [2.05, 4.69) is 40.6 Å². The number of hydrogen-bond acceptors (Lipinski definition) is 7. The highest BCUT2D eigenvalue weighted by molar-refractivity contribution is 7.18. The van der Waals surface area contributed by atoms with Gasteiger partial charge < -0.3 is 9.88 Å². The molecule has 0 saturated carbocycles. The molecule has 160 valence electrons. The first kappa shape index (κ1) is 20.3. The lowest BCUT2D eigenvalue weighted by molar-refractivity contribution is 0.771. The largest absolute Gasteiger partial charge is 0.349 e. The summed E-state index contributed by atoms with van der Waals surface area (Å²) in [6, 6.07) is 11.2. The molecule has 0 fully saturated rings. The van der Waals surface area contributed by atoms with Crippen molar-refractivity contribution in [2.24, 2.45) is 0 Å². The summed E-state index contributed by atoms with van der Waals surface area (Å²) in [5.74, 6) is 2.09. The molecule has 0 bridgehead atoms. The maximum atomic E-state index is 12.6. The normalized spacial score (nSPS) is 11.3. The average molecular weight is 443 g/mol. The quantitative estimate of drug-likeness (QED) is 0.427. The highest BCUT2D eigenvalue weighted by Gasteiger charge is 2.20. The van der Waals surface area contributed by atoms with Crippen LogP contribution in [0.3, 0.4) is 0 Å². The molecular formula is C24H22N6OS. The fraction of sp³-hybridized carbons (Fsp3) is 0.208. The highest BCUT2D eigenvalue weighted by Crippen LogP contribution is 2.36. The summed E-state index contributed by atoms with van der Waals surface area (Å²) < 4.78 is 0. The Bertz CT molecular complexity index is 1490. The zero-order valence-corrected chi connectivity index (χ0v) is 18.9. The van der Waals surface area contributed by atoms with Crippen molar-refractivity contribution < 1.29 is 0 Å². The van der Waals surface area contributed by atoms with Crippen LogP contribution in [0.5, 0.6) is 0 Å². The first-order valence-electron chi connectivity index (χ1n) is 10.5. The molecule has 5 aromatic rings. The molecule has 8 heteroatoms. The van der Waals surface area contributed by atoms with Gasteiger partial charge in [-0.1, -0.05) is 12.1 Å². The number of rotatable bonds is 5. The lowest BCUT2D eigenvalue weighted by Gasteiger charge is -2.23. The molecule has 0 unspecified atom stereocenters.